The number of carbonyl (C=O) groups is 1. The quantitative estimate of drug-likeness (QED) is 0.508. The van der Waals surface area contributed by atoms with Gasteiger partial charge in [0, 0.05) is 24.2 Å². The second-order valence-electron chi connectivity index (χ2n) is 5.83. The van der Waals surface area contributed by atoms with Crippen LogP contribution in [0.15, 0.2) is 67.4 Å². The number of nitrogens with one attached hydrogen (secondary N) is 1. The van der Waals surface area contributed by atoms with Crippen LogP contribution in [0, 0.1) is 0 Å². The summed E-state index contributed by atoms with van der Waals surface area (Å²) in [6, 6.07) is 13.3. The van der Waals surface area contributed by atoms with Crippen LogP contribution in [0.5, 0.6) is 0 Å². The van der Waals surface area contributed by atoms with Crippen molar-refractivity contribution in [3.63, 3.8) is 0 Å². The van der Waals surface area contributed by atoms with Gasteiger partial charge in [-0.3, -0.25) is 15.1 Å². The van der Waals surface area contributed by atoms with Crippen molar-refractivity contribution in [1.29, 1.82) is 0 Å². The summed E-state index contributed by atoms with van der Waals surface area (Å²) in [7, 11) is 0. The molecule has 1 amide bonds. The highest BCUT2D eigenvalue weighted by Gasteiger charge is 2.20. The van der Waals surface area contributed by atoms with Crippen molar-refractivity contribution in [3.05, 3.63) is 72.9 Å². The van der Waals surface area contributed by atoms with E-state index in [-0.39, 0.29) is 5.91 Å². The molecule has 136 valence electrons. The molecule has 10 heteroatoms. The van der Waals surface area contributed by atoms with Crippen LogP contribution in [0.25, 0.3) is 21.9 Å². The summed E-state index contributed by atoms with van der Waals surface area (Å²) >= 11 is 1.24. The van der Waals surface area contributed by atoms with Crippen molar-refractivity contribution < 1.29 is 4.79 Å². The molecule has 1 aromatic carbocycles. The molecule has 0 fully saturated rings. The number of anilines is 1. The average Bonchev–Trinajstić information content (AvgIpc) is 3.44. The van der Waals surface area contributed by atoms with Gasteiger partial charge in [-0.1, -0.05) is 29.5 Å². The molecule has 0 aliphatic carbocycles. The molecule has 0 radical (unpaired) electrons. The van der Waals surface area contributed by atoms with E-state index in [0.717, 1.165) is 11.3 Å². The van der Waals surface area contributed by atoms with E-state index in [2.05, 4.69) is 30.7 Å². The third-order valence-corrected chi connectivity index (χ3v) is 4.85. The first kappa shape index (κ1) is 16.3. The third kappa shape index (κ3) is 2.91. The first-order chi connectivity index (χ1) is 13.8. The van der Waals surface area contributed by atoms with Crippen molar-refractivity contribution in [1.82, 2.24) is 34.6 Å². The number of rotatable bonds is 4. The predicted octanol–water partition coefficient (Wildman–Crippen LogP) is 2.69. The Morgan fingerprint density at radius 3 is 2.75 bits per heavy atom. The zero-order chi connectivity index (χ0) is 18.9. The summed E-state index contributed by atoms with van der Waals surface area (Å²) in [4.78, 5) is 17.7. The predicted molar refractivity (Wildman–Crippen MR) is 103 cm³/mol. The van der Waals surface area contributed by atoms with Gasteiger partial charge < -0.3 is 0 Å². The number of hydrogen-bond donors (Lipinski definition) is 1. The highest BCUT2D eigenvalue weighted by atomic mass is 32.1. The van der Waals surface area contributed by atoms with Gasteiger partial charge in [-0.15, -0.1) is 15.3 Å². The van der Waals surface area contributed by atoms with Crippen LogP contribution < -0.4 is 5.32 Å². The topological polar surface area (TPSA) is 103 Å². The molecule has 0 bridgehead atoms. The Morgan fingerprint density at radius 2 is 1.96 bits per heavy atom. The molecule has 4 aromatic heterocycles. The van der Waals surface area contributed by atoms with Gasteiger partial charge in [0.25, 0.3) is 5.91 Å². The zero-order valence-electron chi connectivity index (χ0n) is 14.3. The third-order valence-electron chi connectivity index (χ3n) is 4.02. The number of hydrogen-bond acceptors (Lipinski definition) is 7. The van der Waals surface area contributed by atoms with Crippen LogP contribution in [-0.4, -0.2) is 40.5 Å². The van der Waals surface area contributed by atoms with Crippen molar-refractivity contribution in [2.45, 2.75) is 0 Å². The van der Waals surface area contributed by atoms with Crippen LogP contribution in [0.2, 0.25) is 0 Å². The Hall–Kier alpha value is -3.92. The maximum absolute atomic E-state index is 13.0. The van der Waals surface area contributed by atoms with Gasteiger partial charge >= 0.3 is 0 Å². The molecule has 4 heterocycles. The molecule has 0 unspecified atom stereocenters. The molecule has 5 aromatic rings. The molecule has 5 rings (SSSR count). The zero-order valence-corrected chi connectivity index (χ0v) is 15.1. The average molecular weight is 388 g/mol. The maximum Gasteiger partial charge on any atom is 0.261 e. The Bertz CT molecular complexity index is 1230. The number of benzene rings is 1. The highest BCUT2D eigenvalue weighted by Crippen LogP contribution is 2.25. The van der Waals surface area contributed by atoms with Crippen molar-refractivity contribution in [3.8, 4) is 16.9 Å². The van der Waals surface area contributed by atoms with E-state index in [0.29, 0.717) is 21.3 Å². The highest BCUT2D eigenvalue weighted by molar-refractivity contribution is 7.20. The van der Waals surface area contributed by atoms with E-state index in [1.165, 1.54) is 22.2 Å². The molecule has 0 atom stereocenters. The van der Waals surface area contributed by atoms with E-state index >= 15 is 0 Å². The minimum Gasteiger partial charge on any atom is -0.296 e. The number of para-hydroxylation sites is 1. The second kappa shape index (κ2) is 6.67. The monoisotopic (exact) mass is 388 g/mol. The fourth-order valence-electron chi connectivity index (χ4n) is 2.74. The fourth-order valence-corrected chi connectivity index (χ4v) is 3.46. The lowest BCUT2D eigenvalue weighted by Gasteiger charge is -2.01. The van der Waals surface area contributed by atoms with E-state index in [1.807, 2.05) is 36.4 Å². The van der Waals surface area contributed by atoms with Crippen LogP contribution in [0.1, 0.15) is 10.4 Å². The van der Waals surface area contributed by atoms with Crippen molar-refractivity contribution in [2.75, 3.05) is 5.32 Å². The molecule has 0 saturated heterocycles. The SMILES string of the molecule is O=C(Nc1nn2cnnc2s1)c1cn(-c2ccccc2)nc1-c1cccnc1. The maximum atomic E-state index is 13.0. The van der Waals surface area contributed by atoms with E-state index in [9.17, 15) is 4.79 Å². The molecule has 0 aliphatic heterocycles. The number of aromatic nitrogens is 7. The summed E-state index contributed by atoms with van der Waals surface area (Å²) in [6.45, 7) is 0. The van der Waals surface area contributed by atoms with Crippen LogP contribution in [0.3, 0.4) is 0 Å². The Kier molecular flexibility index (Phi) is 3.87. The molecular formula is C18H12N8OS. The molecule has 0 saturated carbocycles. The normalized spacial score (nSPS) is 11.0. The minimum absolute atomic E-state index is 0.314. The number of amides is 1. The molecule has 28 heavy (non-hydrogen) atoms. The first-order valence-electron chi connectivity index (χ1n) is 8.31. The largest absolute Gasteiger partial charge is 0.296 e. The standard InChI is InChI=1S/C18H12N8OS/c27-16(21-17-24-26-11-20-22-18(26)28-17)14-10-25(13-6-2-1-3-7-13)23-15(14)12-5-4-8-19-9-12/h1-11H,(H,21,24,27). The van der Waals surface area contributed by atoms with Crippen molar-refractivity contribution >= 4 is 27.3 Å². The van der Waals surface area contributed by atoms with Gasteiger partial charge in [-0.2, -0.15) is 9.61 Å². The van der Waals surface area contributed by atoms with Crippen LogP contribution in [0.4, 0.5) is 5.13 Å². The smallest absolute Gasteiger partial charge is 0.261 e. The van der Waals surface area contributed by atoms with Gasteiger partial charge in [0.2, 0.25) is 10.1 Å². The second-order valence-corrected chi connectivity index (χ2v) is 6.79. The van der Waals surface area contributed by atoms with Crippen LogP contribution in [-0.2, 0) is 0 Å². The van der Waals surface area contributed by atoms with Gasteiger partial charge in [-0.05, 0) is 24.3 Å². The lowest BCUT2D eigenvalue weighted by molar-refractivity contribution is 0.102. The molecule has 9 nitrogen and oxygen atoms in total. The van der Waals surface area contributed by atoms with Gasteiger partial charge in [0.1, 0.15) is 12.0 Å². The molecule has 0 spiro atoms. The Labute approximate surface area is 162 Å². The summed E-state index contributed by atoms with van der Waals surface area (Å²) in [6.07, 6.45) is 6.54. The van der Waals surface area contributed by atoms with Gasteiger partial charge in [0.05, 0.1) is 11.3 Å². The van der Waals surface area contributed by atoms with Crippen molar-refractivity contribution in [2.24, 2.45) is 0 Å². The lowest BCUT2D eigenvalue weighted by atomic mass is 10.1. The fraction of sp³-hybridized carbons (Fsp3) is 0. The summed E-state index contributed by atoms with van der Waals surface area (Å²) in [5, 5.41) is 19.8. The summed E-state index contributed by atoms with van der Waals surface area (Å²) < 4.78 is 3.19. The van der Waals surface area contributed by atoms with E-state index in [4.69, 9.17) is 0 Å². The minimum atomic E-state index is -0.314. The summed E-state index contributed by atoms with van der Waals surface area (Å²) in [5.74, 6) is -0.314. The summed E-state index contributed by atoms with van der Waals surface area (Å²) in [5.41, 5.74) is 2.56. The first-order valence-corrected chi connectivity index (χ1v) is 9.13. The van der Waals surface area contributed by atoms with E-state index in [1.54, 1.807) is 29.3 Å². The molecule has 1 N–H and O–H groups in total. The number of carbonyl (C=O) groups excluding carboxylic acids is 1. The number of fused-ring (bicyclic) bond motifs is 1. The van der Waals surface area contributed by atoms with E-state index < -0.39 is 0 Å². The Morgan fingerprint density at radius 1 is 1.07 bits per heavy atom. The van der Waals surface area contributed by atoms with Gasteiger partial charge in [0.15, 0.2) is 0 Å². The molecular weight excluding hydrogens is 376 g/mol. The van der Waals surface area contributed by atoms with Gasteiger partial charge in [-0.25, -0.2) is 4.68 Å². The number of pyridine rings is 1. The van der Waals surface area contributed by atoms with Crippen LogP contribution >= 0.6 is 11.3 Å². The lowest BCUT2D eigenvalue weighted by Crippen LogP contribution is -2.12. The Balaban J connectivity index is 1.55. The molecule has 0 aliphatic rings. The number of nitrogens with zero attached hydrogens (tertiary/aromatic N) is 7.